The van der Waals surface area contributed by atoms with E-state index in [9.17, 15) is 10.1 Å². The summed E-state index contributed by atoms with van der Waals surface area (Å²) in [7, 11) is 0. The fourth-order valence-corrected chi connectivity index (χ4v) is 3.59. The molecule has 168 valence electrons. The summed E-state index contributed by atoms with van der Waals surface area (Å²) in [6.45, 7) is 1.74. The van der Waals surface area contributed by atoms with Gasteiger partial charge in [-0.05, 0) is 52.5 Å². The van der Waals surface area contributed by atoms with Crippen LogP contribution in [0.2, 0.25) is 0 Å². The van der Waals surface area contributed by atoms with Crippen LogP contribution in [0.4, 0.5) is 29.2 Å². The lowest BCUT2D eigenvalue weighted by atomic mass is 10.2. The first-order valence-corrected chi connectivity index (χ1v) is 11.1. The van der Waals surface area contributed by atoms with Crippen molar-refractivity contribution in [2.45, 2.75) is 12.8 Å². The highest BCUT2D eigenvalue weighted by atomic mass is 79.9. The zero-order valence-electron chi connectivity index (χ0n) is 17.6. The number of non-ortho nitro benzene ring substituents is 1. The van der Waals surface area contributed by atoms with Gasteiger partial charge < -0.3 is 10.2 Å². The molecule has 0 unspecified atom stereocenters. The Morgan fingerprint density at radius 1 is 1.03 bits per heavy atom. The monoisotopic (exact) mass is 508 g/mol. The fraction of sp³-hybridized carbons (Fsp3) is 0.182. The number of hydrazone groups is 1. The van der Waals surface area contributed by atoms with Gasteiger partial charge in [0.1, 0.15) is 0 Å². The lowest BCUT2D eigenvalue weighted by molar-refractivity contribution is -0.384. The first kappa shape index (κ1) is 22.3. The van der Waals surface area contributed by atoms with Crippen molar-refractivity contribution in [3.8, 4) is 0 Å². The molecule has 0 amide bonds. The van der Waals surface area contributed by atoms with Gasteiger partial charge in [0.2, 0.25) is 17.8 Å². The largest absolute Gasteiger partial charge is 0.341 e. The number of nitrogens with one attached hydrogen (secondary N) is 2. The Morgan fingerprint density at radius 2 is 1.73 bits per heavy atom. The number of anilines is 4. The van der Waals surface area contributed by atoms with Gasteiger partial charge in [0, 0.05) is 35.4 Å². The van der Waals surface area contributed by atoms with E-state index in [4.69, 9.17) is 0 Å². The molecule has 2 aromatic carbocycles. The first-order valence-electron chi connectivity index (χ1n) is 10.3. The normalized spacial score (nSPS) is 14.0. The summed E-state index contributed by atoms with van der Waals surface area (Å²) in [5.41, 5.74) is 4.54. The highest BCUT2D eigenvalue weighted by Gasteiger charge is 2.17. The van der Waals surface area contributed by atoms with Crippen LogP contribution in [-0.2, 0) is 0 Å². The minimum absolute atomic E-state index is 0.0137. The van der Waals surface area contributed by atoms with Crippen molar-refractivity contribution in [2.75, 3.05) is 28.7 Å². The second-order valence-corrected chi connectivity index (χ2v) is 8.13. The van der Waals surface area contributed by atoms with Crippen LogP contribution in [0.3, 0.4) is 0 Å². The van der Waals surface area contributed by atoms with E-state index < -0.39 is 4.92 Å². The molecule has 1 fully saturated rings. The molecule has 2 heterocycles. The van der Waals surface area contributed by atoms with Crippen molar-refractivity contribution in [1.82, 2.24) is 15.0 Å². The molecule has 0 radical (unpaired) electrons. The quantitative estimate of drug-likeness (QED) is 0.248. The number of rotatable bonds is 8. The number of allylic oxidation sites excluding steroid dienone is 1. The average molecular weight is 509 g/mol. The molecule has 1 aliphatic heterocycles. The Labute approximate surface area is 198 Å². The first-order chi connectivity index (χ1) is 16.1. The zero-order chi connectivity index (χ0) is 23.0. The Hall–Kier alpha value is -3.86. The van der Waals surface area contributed by atoms with E-state index in [-0.39, 0.29) is 11.6 Å². The van der Waals surface area contributed by atoms with E-state index in [1.807, 2.05) is 36.4 Å². The molecule has 1 aliphatic rings. The van der Waals surface area contributed by atoms with E-state index in [0.29, 0.717) is 17.6 Å². The van der Waals surface area contributed by atoms with E-state index >= 15 is 0 Å². The van der Waals surface area contributed by atoms with Crippen molar-refractivity contribution in [3.63, 3.8) is 0 Å². The Kier molecular flexibility index (Phi) is 7.20. The Balaban J connectivity index is 1.52. The third-order valence-corrected chi connectivity index (χ3v) is 5.24. The number of aromatic nitrogens is 3. The van der Waals surface area contributed by atoms with Crippen LogP contribution in [0.25, 0.3) is 6.08 Å². The number of benzene rings is 2. The van der Waals surface area contributed by atoms with E-state index in [0.717, 1.165) is 36.0 Å². The Morgan fingerprint density at radius 3 is 2.42 bits per heavy atom. The maximum absolute atomic E-state index is 10.9. The van der Waals surface area contributed by atoms with Gasteiger partial charge in [-0.2, -0.15) is 20.1 Å². The molecule has 1 saturated heterocycles. The molecule has 2 N–H and O–H groups in total. The second kappa shape index (κ2) is 10.6. The molecule has 0 saturated carbocycles. The number of halogens is 1. The average Bonchev–Trinajstić information content (AvgIpc) is 3.35. The molecule has 3 aromatic rings. The third-order valence-electron chi connectivity index (χ3n) is 4.80. The Bertz CT molecular complexity index is 1160. The minimum Gasteiger partial charge on any atom is -0.341 e. The number of nitrogens with zero attached hydrogens (tertiary/aromatic N) is 6. The standard InChI is InChI=1S/C22H21BrN8O2/c23-17(14-16-6-2-1-3-7-16)15-24-29-21-26-20(27-22(28-21)30-12-4-5-13-30)25-18-8-10-19(11-9-18)31(32)33/h1-3,6-11,14-15H,4-5,12-13H2,(H2,25,26,27,28,29)/b17-14-,24-15+. The number of nitro groups is 1. The van der Waals surface area contributed by atoms with Gasteiger partial charge >= 0.3 is 0 Å². The molecule has 33 heavy (non-hydrogen) atoms. The molecule has 1 aromatic heterocycles. The van der Waals surface area contributed by atoms with Crippen molar-refractivity contribution < 1.29 is 4.92 Å². The highest BCUT2D eigenvalue weighted by molar-refractivity contribution is 9.12. The molecule has 4 rings (SSSR count). The van der Waals surface area contributed by atoms with E-state index in [1.54, 1.807) is 18.3 Å². The summed E-state index contributed by atoms with van der Waals surface area (Å²) in [6, 6.07) is 15.9. The van der Waals surface area contributed by atoms with Gasteiger partial charge in [0.25, 0.3) is 5.69 Å². The van der Waals surface area contributed by atoms with Crippen LogP contribution < -0.4 is 15.6 Å². The number of hydrogen-bond acceptors (Lipinski definition) is 9. The number of hydrogen-bond donors (Lipinski definition) is 2. The predicted octanol–water partition coefficient (Wildman–Crippen LogP) is 4.96. The molecule has 0 atom stereocenters. The molecule has 0 bridgehead atoms. The predicted molar refractivity (Wildman–Crippen MR) is 133 cm³/mol. The summed E-state index contributed by atoms with van der Waals surface area (Å²) in [5, 5.41) is 18.2. The molecule has 0 spiro atoms. The van der Waals surface area contributed by atoms with Crippen molar-refractivity contribution >= 4 is 57.4 Å². The van der Waals surface area contributed by atoms with E-state index in [2.05, 4.69) is 51.6 Å². The summed E-state index contributed by atoms with van der Waals surface area (Å²) in [5.74, 6) is 1.15. The summed E-state index contributed by atoms with van der Waals surface area (Å²) in [6.07, 6.45) is 5.72. The van der Waals surface area contributed by atoms with Crippen molar-refractivity contribution in [1.29, 1.82) is 0 Å². The summed E-state index contributed by atoms with van der Waals surface area (Å²) in [4.78, 5) is 25.9. The van der Waals surface area contributed by atoms with Crippen LogP contribution in [0, 0.1) is 10.1 Å². The second-order valence-electron chi connectivity index (χ2n) is 7.22. The molecule has 10 nitrogen and oxygen atoms in total. The molecule has 11 heteroatoms. The van der Waals surface area contributed by atoms with Gasteiger partial charge in [-0.25, -0.2) is 5.43 Å². The maximum atomic E-state index is 10.9. The number of nitro benzene ring substituents is 1. The molecular weight excluding hydrogens is 488 g/mol. The smallest absolute Gasteiger partial charge is 0.269 e. The van der Waals surface area contributed by atoms with Gasteiger partial charge in [0.15, 0.2) is 0 Å². The van der Waals surface area contributed by atoms with Gasteiger partial charge in [-0.1, -0.05) is 30.3 Å². The van der Waals surface area contributed by atoms with Crippen molar-refractivity contribution in [2.24, 2.45) is 5.10 Å². The van der Waals surface area contributed by atoms with Crippen molar-refractivity contribution in [3.05, 3.63) is 74.8 Å². The van der Waals surface area contributed by atoms with Gasteiger partial charge in [-0.15, -0.1) is 0 Å². The van der Waals surface area contributed by atoms with Gasteiger partial charge in [-0.3, -0.25) is 10.1 Å². The molecular formula is C22H21BrN8O2. The maximum Gasteiger partial charge on any atom is 0.269 e. The lowest BCUT2D eigenvalue weighted by Crippen LogP contribution is -2.21. The summed E-state index contributed by atoms with van der Waals surface area (Å²) < 4.78 is 0.777. The van der Waals surface area contributed by atoms with Crippen LogP contribution in [0.1, 0.15) is 18.4 Å². The fourth-order valence-electron chi connectivity index (χ4n) is 3.22. The van der Waals surface area contributed by atoms with Crippen LogP contribution in [-0.4, -0.2) is 39.2 Å². The van der Waals surface area contributed by atoms with Gasteiger partial charge in [0.05, 0.1) is 11.1 Å². The van der Waals surface area contributed by atoms with Crippen LogP contribution in [0.15, 0.2) is 64.2 Å². The minimum atomic E-state index is -0.442. The topological polar surface area (TPSA) is 121 Å². The van der Waals surface area contributed by atoms with E-state index in [1.165, 1.54) is 12.1 Å². The molecule has 0 aliphatic carbocycles. The SMILES string of the molecule is O=[N+]([O-])c1ccc(Nc2nc(N/N=C/C(Br)=C/c3ccccc3)nc(N3CCCC3)n2)cc1. The third kappa shape index (κ3) is 6.32. The highest BCUT2D eigenvalue weighted by Crippen LogP contribution is 2.22. The zero-order valence-corrected chi connectivity index (χ0v) is 19.1. The summed E-state index contributed by atoms with van der Waals surface area (Å²) >= 11 is 3.48. The lowest BCUT2D eigenvalue weighted by Gasteiger charge is -2.16. The van der Waals surface area contributed by atoms with Crippen LogP contribution in [0.5, 0.6) is 0 Å². The van der Waals surface area contributed by atoms with Crippen LogP contribution >= 0.6 is 15.9 Å².